The van der Waals surface area contributed by atoms with Crippen LogP contribution in [0.25, 0.3) is 0 Å². The van der Waals surface area contributed by atoms with Gasteiger partial charge in [-0.25, -0.2) is 4.79 Å². The molecule has 3 amide bonds. The minimum absolute atomic E-state index is 0.0210. The van der Waals surface area contributed by atoms with E-state index in [1.54, 1.807) is 19.0 Å². The van der Waals surface area contributed by atoms with E-state index in [0.29, 0.717) is 50.2 Å². The molecular weight excluding hydrogens is 455 g/mol. The van der Waals surface area contributed by atoms with E-state index in [-0.39, 0.29) is 30.8 Å². The van der Waals surface area contributed by atoms with E-state index >= 15 is 0 Å². The van der Waals surface area contributed by atoms with Crippen LogP contribution >= 0.6 is 0 Å². The van der Waals surface area contributed by atoms with E-state index < -0.39 is 29.3 Å². The Labute approximate surface area is 194 Å². The molecule has 1 saturated heterocycles. The molecular formula is C22H28F3N5O4. The van der Waals surface area contributed by atoms with E-state index in [1.165, 1.54) is 4.90 Å². The zero-order chi connectivity index (χ0) is 24.8. The first-order chi connectivity index (χ1) is 15.9. The number of alkyl halides is 3. The lowest BCUT2D eigenvalue weighted by atomic mass is 9.78. The average Bonchev–Trinajstić information content (AvgIpc) is 3.24. The van der Waals surface area contributed by atoms with Gasteiger partial charge in [0.1, 0.15) is 0 Å². The lowest BCUT2D eigenvalue weighted by molar-refractivity contribution is -0.144. The largest absolute Gasteiger partial charge is 0.465 e. The number of likely N-dealkylation sites (N-methyl/N-ethyl adjacent to an activating group) is 1. The van der Waals surface area contributed by atoms with Crippen molar-refractivity contribution < 1.29 is 32.7 Å². The molecule has 1 saturated carbocycles. The summed E-state index contributed by atoms with van der Waals surface area (Å²) in [7, 11) is 3.31. The SMILES string of the molecule is CN(C)C(=O)CN1C[C@@H]2C[C@@H](NC(=O)O)C[C@]2(C(=O)N2CCc3ncc(C(F)(F)F)cc3C2)C1. The Kier molecular flexibility index (Phi) is 6.21. The lowest BCUT2D eigenvalue weighted by Crippen LogP contribution is -2.49. The number of likely N-dealkylation sites (tertiary alicyclic amines) is 1. The third kappa shape index (κ3) is 4.55. The molecule has 9 nitrogen and oxygen atoms in total. The molecule has 2 aliphatic heterocycles. The second-order valence-corrected chi connectivity index (χ2v) is 9.70. The Morgan fingerprint density at radius 3 is 2.71 bits per heavy atom. The highest BCUT2D eigenvalue weighted by atomic mass is 19.4. The first-order valence-corrected chi connectivity index (χ1v) is 11.2. The van der Waals surface area contributed by atoms with Crippen LogP contribution in [0.2, 0.25) is 0 Å². The van der Waals surface area contributed by atoms with Crippen molar-refractivity contribution in [1.82, 2.24) is 25.0 Å². The molecule has 0 radical (unpaired) electrons. The average molecular weight is 483 g/mol. The molecule has 4 rings (SSSR count). The van der Waals surface area contributed by atoms with Crippen molar-refractivity contribution in [3.8, 4) is 0 Å². The Balaban J connectivity index is 1.57. The third-order valence-electron chi connectivity index (χ3n) is 7.21. The Bertz CT molecular complexity index is 1000. The summed E-state index contributed by atoms with van der Waals surface area (Å²) in [5.41, 5.74) is -0.824. The molecule has 2 N–H and O–H groups in total. The molecule has 3 aliphatic rings. The van der Waals surface area contributed by atoms with Crippen molar-refractivity contribution in [3.63, 3.8) is 0 Å². The van der Waals surface area contributed by atoms with Gasteiger partial charge in [-0.15, -0.1) is 0 Å². The van der Waals surface area contributed by atoms with Crippen LogP contribution in [0.15, 0.2) is 12.3 Å². The molecule has 3 atom stereocenters. The lowest BCUT2D eigenvalue weighted by Gasteiger charge is -2.37. The molecule has 0 aromatic carbocycles. The number of fused-ring (bicyclic) bond motifs is 2. The molecule has 0 bridgehead atoms. The molecule has 34 heavy (non-hydrogen) atoms. The molecule has 1 aliphatic carbocycles. The number of carbonyl (C=O) groups excluding carboxylic acids is 2. The third-order valence-corrected chi connectivity index (χ3v) is 7.21. The molecule has 0 unspecified atom stereocenters. The second-order valence-electron chi connectivity index (χ2n) is 9.70. The summed E-state index contributed by atoms with van der Waals surface area (Å²) in [6.07, 6.45) is -3.76. The van der Waals surface area contributed by atoms with Crippen molar-refractivity contribution in [3.05, 3.63) is 29.1 Å². The summed E-state index contributed by atoms with van der Waals surface area (Å²) in [5, 5.41) is 11.7. The minimum atomic E-state index is -4.52. The standard InChI is InChI=1S/C22H28F3N5O4/c1-28(2)18(31)11-29-10-15-6-16(27-20(33)34)7-21(15,12-29)19(32)30-4-3-17-13(9-30)5-14(8-26-17)22(23,24)25/h5,8,15-16,27H,3-4,6-7,9-12H2,1-2H3,(H,33,34)/t15-,16+,21-/m0/s1. The van der Waals surface area contributed by atoms with Gasteiger partial charge < -0.3 is 20.2 Å². The van der Waals surface area contributed by atoms with Gasteiger partial charge in [0.15, 0.2) is 0 Å². The van der Waals surface area contributed by atoms with E-state index in [4.69, 9.17) is 0 Å². The quantitative estimate of drug-likeness (QED) is 0.671. The molecule has 1 aromatic rings. The van der Waals surface area contributed by atoms with Gasteiger partial charge in [-0.05, 0) is 30.4 Å². The summed E-state index contributed by atoms with van der Waals surface area (Å²) in [4.78, 5) is 46.3. The summed E-state index contributed by atoms with van der Waals surface area (Å²) >= 11 is 0. The number of carboxylic acid groups (broad SMARTS) is 1. The fraction of sp³-hybridized carbons (Fsp3) is 0.636. The summed E-state index contributed by atoms with van der Waals surface area (Å²) in [5.74, 6) is -0.455. The molecule has 0 spiro atoms. The summed E-state index contributed by atoms with van der Waals surface area (Å²) in [6.45, 7) is 1.28. The zero-order valence-corrected chi connectivity index (χ0v) is 19.1. The van der Waals surface area contributed by atoms with E-state index in [1.807, 2.05) is 4.90 Å². The number of pyridine rings is 1. The molecule has 186 valence electrons. The predicted octanol–water partition coefficient (Wildman–Crippen LogP) is 1.42. The van der Waals surface area contributed by atoms with Crippen molar-refractivity contribution in [2.75, 3.05) is 40.3 Å². The van der Waals surface area contributed by atoms with Crippen LogP contribution in [0.1, 0.15) is 29.7 Å². The van der Waals surface area contributed by atoms with Gasteiger partial charge in [0.25, 0.3) is 0 Å². The van der Waals surface area contributed by atoms with Crippen molar-refractivity contribution in [2.24, 2.45) is 11.3 Å². The molecule has 1 aromatic heterocycles. The van der Waals surface area contributed by atoms with E-state index in [9.17, 15) is 32.7 Å². The monoisotopic (exact) mass is 483 g/mol. The number of aromatic nitrogens is 1. The van der Waals surface area contributed by atoms with Crippen LogP contribution in [-0.4, -0.2) is 89.0 Å². The smallest absolute Gasteiger partial charge is 0.417 e. The zero-order valence-electron chi connectivity index (χ0n) is 19.1. The van der Waals surface area contributed by atoms with Crippen LogP contribution in [0.4, 0.5) is 18.0 Å². The fourth-order valence-corrected chi connectivity index (χ4v) is 5.61. The Morgan fingerprint density at radius 1 is 1.32 bits per heavy atom. The van der Waals surface area contributed by atoms with Gasteiger partial charge in [-0.3, -0.25) is 19.5 Å². The van der Waals surface area contributed by atoms with E-state index in [0.717, 1.165) is 12.3 Å². The number of halogens is 3. The first kappa shape index (κ1) is 24.2. The van der Waals surface area contributed by atoms with Gasteiger partial charge in [-0.1, -0.05) is 0 Å². The van der Waals surface area contributed by atoms with Gasteiger partial charge in [0.2, 0.25) is 11.8 Å². The number of rotatable bonds is 4. The maximum atomic E-state index is 13.9. The van der Waals surface area contributed by atoms with E-state index in [2.05, 4.69) is 10.3 Å². The first-order valence-electron chi connectivity index (χ1n) is 11.2. The van der Waals surface area contributed by atoms with Crippen molar-refractivity contribution in [2.45, 2.75) is 38.0 Å². The van der Waals surface area contributed by atoms with Crippen molar-refractivity contribution >= 4 is 17.9 Å². The highest BCUT2D eigenvalue weighted by molar-refractivity contribution is 5.85. The number of hydrogen-bond donors (Lipinski definition) is 2. The highest BCUT2D eigenvalue weighted by Crippen LogP contribution is 2.50. The number of nitrogens with zero attached hydrogens (tertiary/aromatic N) is 4. The Hall–Kier alpha value is -2.89. The van der Waals surface area contributed by atoms with Gasteiger partial charge in [-0.2, -0.15) is 13.2 Å². The van der Waals surface area contributed by atoms with Crippen LogP contribution in [-0.2, 0) is 28.7 Å². The van der Waals surface area contributed by atoms with Crippen molar-refractivity contribution in [1.29, 1.82) is 0 Å². The van der Waals surface area contributed by atoms with Crippen LogP contribution in [0.5, 0.6) is 0 Å². The van der Waals surface area contributed by atoms with Crippen LogP contribution < -0.4 is 5.32 Å². The highest BCUT2D eigenvalue weighted by Gasteiger charge is 2.59. The normalized spacial score (nSPS) is 26.7. The topological polar surface area (TPSA) is 106 Å². The second kappa shape index (κ2) is 8.71. The number of amides is 3. The van der Waals surface area contributed by atoms with Gasteiger partial charge in [0.05, 0.1) is 17.5 Å². The molecule has 12 heteroatoms. The van der Waals surface area contributed by atoms with Crippen LogP contribution in [0, 0.1) is 11.3 Å². The number of hydrogen-bond acceptors (Lipinski definition) is 5. The summed E-state index contributed by atoms with van der Waals surface area (Å²) in [6, 6.07) is 0.658. The van der Waals surface area contributed by atoms with Crippen LogP contribution in [0.3, 0.4) is 0 Å². The molecule has 2 fully saturated rings. The maximum Gasteiger partial charge on any atom is 0.417 e. The number of carbonyl (C=O) groups is 3. The maximum absolute atomic E-state index is 13.9. The predicted molar refractivity (Wildman–Crippen MR) is 114 cm³/mol. The minimum Gasteiger partial charge on any atom is -0.465 e. The molecule has 3 heterocycles. The fourth-order valence-electron chi connectivity index (χ4n) is 5.61. The number of nitrogens with one attached hydrogen (secondary N) is 1. The summed E-state index contributed by atoms with van der Waals surface area (Å²) < 4.78 is 39.5. The Morgan fingerprint density at radius 2 is 2.06 bits per heavy atom. The van der Waals surface area contributed by atoms with Gasteiger partial charge >= 0.3 is 12.3 Å². The van der Waals surface area contributed by atoms with Gasteiger partial charge in [0, 0.05) is 64.6 Å².